The van der Waals surface area contributed by atoms with Crippen molar-refractivity contribution < 1.29 is 0 Å². The first-order chi connectivity index (χ1) is 20.5. The first-order valence-corrected chi connectivity index (χ1v) is 17.9. The van der Waals surface area contributed by atoms with E-state index in [0.717, 1.165) is 37.7 Å². The summed E-state index contributed by atoms with van der Waals surface area (Å²) in [6.45, 7) is 0. The van der Waals surface area contributed by atoms with Crippen LogP contribution in [0.1, 0.15) is 56.4 Å². The molecule has 0 saturated carbocycles. The molecule has 3 nitrogen and oxygen atoms in total. The summed E-state index contributed by atoms with van der Waals surface area (Å²) >= 11 is 0. The number of nitrogens with zero attached hydrogens (tertiary/aromatic N) is 3. The molecule has 0 spiro atoms. The molecule has 8 rings (SSSR count). The van der Waals surface area contributed by atoms with Crippen molar-refractivity contribution in [3.63, 3.8) is 0 Å². The zero-order valence-corrected chi connectivity index (χ0v) is 25.3. The van der Waals surface area contributed by atoms with E-state index in [9.17, 15) is 5.26 Å². The topological polar surface area (TPSA) is 39.4 Å². The van der Waals surface area contributed by atoms with Gasteiger partial charge in [-0.25, -0.2) is 0 Å². The standard InChI is InChI=1S/C38H37N3S/c1-42(2)36-16-6-4-13-31(36)32-17-18-35-37(38(32)42)33-14-3-5-15-34(33)41(35)30-12-8-11-28(21-30)26-9-7-10-27(20-26)29-19-25(22-39)23-40-24-29/h3-5,10-11,13-15,17-18,20-21,23-24,29,35,37H,6-9,12,16,19H2,1-2H3. The molecule has 0 aromatic heterocycles. The molecule has 42 heavy (non-hydrogen) atoms. The van der Waals surface area contributed by atoms with Crippen molar-refractivity contribution >= 4 is 21.9 Å². The highest BCUT2D eigenvalue weighted by Crippen LogP contribution is 2.72. The van der Waals surface area contributed by atoms with E-state index in [2.05, 4.69) is 101 Å². The summed E-state index contributed by atoms with van der Waals surface area (Å²) in [7, 11) is -1.00. The van der Waals surface area contributed by atoms with Crippen molar-refractivity contribution in [1.29, 1.82) is 5.26 Å². The highest BCUT2D eigenvalue weighted by molar-refractivity contribution is 8.39. The second-order valence-corrected chi connectivity index (χ2v) is 16.3. The Morgan fingerprint density at radius 3 is 2.76 bits per heavy atom. The van der Waals surface area contributed by atoms with Crippen LogP contribution in [0.15, 0.2) is 133 Å². The Kier molecular flexibility index (Phi) is 6.09. The number of rotatable bonds is 3. The maximum atomic E-state index is 9.42. The van der Waals surface area contributed by atoms with Crippen LogP contribution < -0.4 is 4.90 Å². The zero-order chi connectivity index (χ0) is 28.4. The molecular formula is C38H37N3S. The van der Waals surface area contributed by atoms with E-state index in [1.54, 1.807) is 16.0 Å². The van der Waals surface area contributed by atoms with Crippen LogP contribution in [0.2, 0.25) is 0 Å². The Labute approximate surface area is 251 Å². The van der Waals surface area contributed by atoms with Crippen LogP contribution in [0.3, 0.4) is 0 Å². The van der Waals surface area contributed by atoms with Crippen LogP contribution in [-0.2, 0) is 0 Å². The lowest BCUT2D eigenvalue weighted by Gasteiger charge is -2.41. The molecule has 3 unspecified atom stereocenters. The SMILES string of the molecule is CS1(C)C2=C(C=CCC2)C2=C1C1c3ccccc3N(C3=CC(C4=CC(C5C=NC=C(C#N)C5)=CCC4)=CCC3)C1C=C2. The van der Waals surface area contributed by atoms with Gasteiger partial charge in [0.2, 0.25) is 0 Å². The van der Waals surface area contributed by atoms with Crippen molar-refractivity contribution in [3.05, 3.63) is 134 Å². The second-order valence-electron chi connectivity index (χ2n) is 12.8. The molecule has 1 aromatic carbocycles. The highest BCUT2D eigenvalue weighted by Gasteiger charge is 2.49. The number of para-hydroxylation sites is 1. The third kappa shape index (κ3) is 3.90. The average Bonchev–Trinajstić information content (AvgIpc) is 3.50. The van der Waals surface area contributed by atoms with Crippen LogP contribution in [0.25, 0.3) is 0 Å². The minimum absolute atomic E-state index is 0.195. The molecule has 0 amide bonds. The Balaban J connectivity index is 1.14. The third-order valence-corrected chi connectivity index (χ3v) is 13.4. The van der Waals surface area contributed by atoms with Gasteiger partial charge in [-0.2, -0.15) is 15.3 Å². The predicted octanol–water partition coefficient (Wildman–Crippen LogP) is 9.21. The van der Waals surface area contributed by atoms with Crippen LogP contribution in [0.4, 0.5) is 5.69 Å². The Morgan fingerprint density at radius 2 is 1.86 bits per heavy atom. The average molecular weight is 568 g/mol. The first-order valence-electron chi connectivity index (χ1n) is 15.4. The molecule has 0 N–H and O–H groups in total. The van der Waals surface area contributed by atoms with Crippen LogP contribution in [-0.4, -0.2) is 24.8 Å². The maximum Gasteiger partial charge on any atom is 0.0963 e. The number of hydrogen-bond donors (Lipinski definition) is 0. The van der Waals surface area contributed by atoms with Gasteiger partial charge in [0.25, 0.3) is 0 Å². The fourth-order valence-corrected chi connectivity index (χ4v) is 11.5. The lowest BCUT2D eigenvalue weighted by molar-refractivity contribution is 0.690. The van der Waals surface area contributed by atoms with Gasteiger partial charge in [0.1, 0.15) is 0 Å². The van der Waals surface area contributed by atoms with E-state index in [1.807, 2.05) is 6.21 Å². The number of allylic oxidation sites excluding steroid dienone is 15. The van der Waals surface area contributed by atoms with Gasteiger partial charge < -0.3 is 4.90 Å². The van der Waals surface area contributed by atoms with Crippen molar-refractivity contribution in [2.45, 2.75) is 56.9 Å². The van der Waals surface area contributed by atoms with Gasteiger partial charge in [0.15, 0.2) is 0 Å². The smallest absolute Gasteiger partial charge is 0.0963 e. The Bertz CT molecular complexity index is 1760. The van der Waals surface area contributed by atoms with E-state index >= 15 is 0 Å². The summed E-state index contributed by atoms with van der Waals surface area (Å²) in [5, 5.41) is 9.42. The molecule has 3 aliphatic heterocycles. The van der Waals surface area contributed by atoms with Gasteiger partial charge in [-0.05, 0) is 113 Å². The molecule has 3 atom stereocenters. The van der Waals surface area contributed by atoms with Gasteiger partial charge in [0.05, 0.1) is 12.1 Å². The molecule has 1 aromatic rings. The lowest BCUT2D eigenvalue weighted by Crippen LogP contribution is -2.35. The molecule has 4 heteroatoms. The Morgan fingerprint density at radius 1 is 0.976 bits per heavy atom. The second kappa shape index (κ2) is 9.89. The predicted molar refractivity (Wildman–Crippen MR) is 178 cm³/mol. The first kappa shape index (κ1) is 25.9. The summed E-state index contributed by atoms with van der Waals surface area (Å²) in [6.07, 6.45) is 35.6. The van der Waals surface area contributed by atoms with Gasteiger partial charge in [-0.1, -0.05) is 60.7 Å². The lowest BCUT2D eigenvalue weighted by atomic mass is 9.83. The summed E-state index contributed by atoms with van der Waals surface area (Å²) in [4.78, 5) is 10.5. The number of benzene rings is 1. The number of hydrogen-bond acceptors (Lipinski definition) is 3. The molecule has 7 aliphatic rings. The van der Waals surface area contributed by atoms with E-state index in [0.29, 0.717) is 12.0 Å². The largest absolute Gasteiger partial charge is 0.337 e. The fraction of sp³-hybridized carbons (Fsp3) is 0.316. The number of fused-ring (bicyclic) bond motifs is 5. The van der Waals surface area contributed by atoms with Crippen molar-refractivity contribution in [2.24, 2.45) is 10.9 Å². The quantitative estimate of drug-likeness (QED) is 0.365. The van der Waals surface area contributed by atoms with Crippen LogP contribution >= 0.6 is 10.0 Å². The summed E-state index contributed by atoms with van der Waals surface area (Å²) < 4.78 is 0. The Hall–Kier alpha value is -3.81. The van der Waals surface area contributed by atoms with Gasteiger partial charge in [-0.15, -0.1) is 0 Å². The summed E-state index contributed by atoms with van der Waals surface area (Å²) in [6, 6.07) is 11.9. The zero-order valence-electron chi connectivity index (χ0n) is 24.5. The van der Waals surface area contributed by atoms with E-state index < -0.39 is 10.0 Å². The molecule has 4 aliphatic carbocycles. The minimum Gasteiger partial charge on any atom is -0.337 e. The number of aliphatic imine (C=N–C) groups is 1. The minimum atomic E-state index is -1.00. The molecule has 0 bridgehead atoms. The van der Waals surface area contributed by atoms with Crippen molar-refractivity contribution in [1.82, 2.24) is 0 Å². The normalized spacial score (nSPS) is 29.4. The molecule has 3 heterocycles. The highest BCUT2D eigenvalue weighted by atomic mass is 32.3. The number of nitriles is 1. The summed E-state index contributed by atoms with van der Waals surface area (Å²) in [5.41, 5.74) is 12.2. The van der Waals surface area contributed by atoms with Crippen LogP contribution in [0, 0.1) is 17.2 Å². The van der Waals surface area contributed by atoms with Gasteiger partial charge >= 0.3 is 0 Å². The molecule has 0 radical (unpaired) electrons. The third-order valence-electron chi connectivity index (χ3n) is 10.2. The number of anilines is 1. The summed E-state index contributed by atoms with van der Waals surface area (Å²) in [5.74, 6) is 0.608. The molecular weight excluding hydrogens is 531 g/mol. The van der Waals surface area contributed by atoms with Crippen LogP contribution in [0.5, 0.6) is 0 Å². The van der Waals surface area contributed by atoms with E-state index in [1.165, 1.54) is 57.7 Å². The maximum absolute atomic E-state index is 9.42. The van der Waals surface area contributed by atoms with Crippen molar-refractivity contribution in [3.8, 4) is 6.07 Å². The molecule has 0 fully saturated rings. The fourth-order valence-electron chi connectivity index (χ4n) is 8.28. The van der Waals surface area contributed by atoms with Gasteiger partial charge in [-0.3, -0.25) is 4.99 Å². The van der Waals surface area contributed by atoms with E-state index in [4.69, 9.17) is 0 Å². The van der Waals surface area contributed by atoms with Crippen molar-refractivity contribution in [2.75, 3.05) is 17.4 Å². The molecule has 0 saturated heterocycles. The molecule has 210 valence electrons. The monoisotopic (exact) mass is 567 g/mol. The van der Waals surface area contributed by atoms with E-state index in [-0.39, 0.29) is 5.92 Å². The van der Waals surface area contributed by atoms with Gasteiger partial charge in [0, 0.05) is 41.2 Å².